The Morgan fingerprint density at radius 3 is 2.92 bits per heavy atom. The summed E-state index contributed by atoms with van der Waals surface area (Å²) in [5, 5.41) is 8.65. The molecule has 0 saturated heterocycles. The molecule has 0 aromatic carbocycles. The van der Waals surface area contributed by atoms with Crippen LogP contribution in [0.5, 0.6) is 0 Å². The molecule has 2 aromatic rings. The lowest BCUT2D eigenvalue weighted by atomic mass is 10.4. The lowest BCUT2D eigenvalue weighted by Gasteiger charge is -1.96. The van der Waals surface area contributed by atoms with Crippen LogP contribution in [-0.2, 0) is 0 Å². The summed E-state index contributed by atoms with van der Waals surface area (Å²) < 4.78 is 1.70. The van der Waals surface area contributed by atoms with Crippen molar-refractivity contribution in [3.63, 3.8) is 0 Å². The molecule has 0 bridgehead atoms. The third-order valence-corrected chi connectivity index (χ3v) is 1.74. The van der Waals surface area contributed by atoms with Gasteiger partial charge in [0.1, 0.15) is 11.9 Å². The molecular formula is C8H7N5. The van der Waals surface area contributed by atoms with E-state index in [2.05, 4.69) is 9.97 Å². The Balaban J connectivity index is 2.85. The van der Waals surface area contributed by atoms with Gasteiger partial charge >= 0.3 is 0 Å². The lowest BCUT2D eigenvalue weighted by Crippen LogP contribution is -1.94. The second-order valence-corrected chi connectivity index (χ2v) is 2.72. The molecule has 0 atom stereocenters. The van der Waals surface area contributed by atoms with E-state index in [1.165, 1.54) is 0 Å². The molecule has 0 aliphatic carbocycles. The maximum Gasteiger partial charge on any atom is 0.160 e. The van der Waals surface area contributed by atoms with Crippen LogP contribution in [0.3, 0.4) is 0 Å². The van der Waals surface area contributed by atoms with Crippen LogP contribution in [-0.4, -0.2) is 14.4 Å². The maximum absolute atomic E-state index is 8.65. The maximum atomic E-state index is 8.65. The van der Waals surface area contributed by atoms with Crippen LogP contribution in [0.1, 0.15) is 11.4 Å². The monoisotopic (exact) mass is 173 g/mol. The largest absolute Gasteiger partial charge is 0.382 e. The van der Waals surface area contributed by atoms with E-state index in [0.717, 1.165) is 0 Å². The Bertz CT molecular complexity index is 505. The highest BCUT2D eigenvalue weighted by Gasteiger charge is 2.04. The van der Waals surface area contributed by atoms with Crippen molar-refractivity contribution in [1.29, 1.82) is 5.26 Å². The van der Waals surface area contributed by atoms with Gasteiger partial charge in [0.25, 0.3) is 0 Å². The molecule has 64 valence electrons. The van der Waals surface area contributed by atoms with Gasteiger partial charge in [0, 0.05) is 6.20 Å². The minimum atomic E-state index is 0.363. The SMILES string of the molecule is Cc1nc(C#N)cn2cc(N)nc12. The Labute approximate surface area is 74.5 Å². The summed E-state index contributed by atoms with van der Waals surface area (Å²) in [6, 6.07) is 1.97. The molecule has 0 unspecified atom stereocenters. The van der Waals surface area contributed by atoms with Gasteiger partial charge in [0.2, 0.25) is 0 Å². The van der Waals surface area contributed by atoms with Crippen LogP contribution in [0, 0.1) is 18.3 Å². The standard InChI is InChI=1S/C8H7N5/c1-5-8-12-7(10)4-13(8)3-6(2-9)11-5/h3-4H,10H2,1H3. The molecule has 0 saturated carbocycles. The van der Waals surface area contributed by atoms with Crippen molar-refractivity contribution in [2.75, 3.05) is 5.73 Å². The van der Waals surface area contributed by atoms with Gasteiger partial charge in [-0.05, 0) is 6.92 Å². The lowest BCUT2D eigenvalue weighted by molar-refractivity contribution is 1.06. The quantitative estimate of drug-likeness (QED) is 0.628. The van der Waals surface area contributed by atoms with Crippen LogP contribution in [0.25, 0.3) is 5.65 Å². The molecule has 2 aromatic heterocycles. The summed E-state index contributed by atoms with van der Waals surface area (Å²) in [6.45, 7) is 1.79. The summed E-state index contributed by atoms with van der Waals surface area (Å²) in [7, 11) is 0. The van der Waals surface area contributed by atoms with Gasteiger partial charge in [0.05, 0.1) is 11.9 Å². The van der Waals surface area contributed by atoms with Crippen molar-refractivity contribution in [3.8, 4) is 6.07 Å². The van der Waals surface area contributed by atoms with Crippen molar-refractivity contribution in [2.24, 2.45) is 0 Å². The normalized spacial score (nSPS) is 10.2. The second kappa shape index (κ2) is 2.45. The van der Waals surface area contributed by atoms with E-state index in [4.69, 9.17) is 11.0 Å². The van der Waals surface area contributed by atoms with E-state index < -0.39 is 0 Å². The molecule has 5 heteroatoms. The number of rotatable bonds is 0. The van der Waals surface area contributed by atoms with Crippen LogP contribution < -0.4 is 5.73 Å². The summed E-state index contributed by atoms with van der Waals surface area (Å²) in [5.74, 6) is 0.431. The van der Waals surface area contributed by atoms with Crippen LogP contribution in [0.4, 0.5) is 5.82 Å². The van der Waals surface area contributed by atoms with Gasteiger partial charge < -0.3 is 10.1 Å². The summed E-state index contributed by atoms with van der Waals surface area (Å²) in [5.41, 5.74) is 7.27. The third kappa shape index (κ3) is 1.08. The van der Waals surface area contributed by atoms with E-state index in [9.17, 15) is 0 Å². The zero-order chi connectivity index (χ0) is 9.42. The molecule has 0 fully saturated rings. The van der Waals surface area contributed by atoms with Crippen LogP contribution >= 0.6 is 0 Å². The number of aromatic nitrogens is 3. The Morgan fingerprint density at radius 2 is 2.23 bits per heavy atom. The molecule has 2 heterocycles. The molecule has 2 N–H and O–H groups in total. The Kier molecular flexibility index (Phi) is 1.43. The van der Waals surface area contributed by atoms with Gasteiger partial charge in [-0.1, -0.05) is 0 Å². The average molecular weight is 173 g/mol. The van der Waals surface area contributed by atoms with Gasteiger partial charge in [0.15, 0.2) is 11.3 Å². The first-order valence-corrected chi connectivity index (χ1v) is 3.72. The highest BCUT2D eigenvalue weighted by molar-refractivity contribution is 5.50. The first kappa shape index (κ1) is 7.55. The number of imidazole rings is 1. The number of hydrogen-bond acceptors (Lipinski definition) is 4. The van der Waals surface area contributed by atoms with Gasteiger partial charge in [-0.25, -0.2) is 9.97 Å². The fraction of sp³-hybridized carbons (Fsp3) is 0.125. The number of nitrogens with two attached hydrogens (primary N) is 1. The van der Waals surface area contributed by atoms with Crippen molar-refractivity contribution in [2.45, 2.75) is 6.92 Å². The zero-order valence-electron chi connectivity index (χ0n) is 7.02. The molecule has 0 radical (unpaired) electrons. The summed E-state index contributed by atoms with van der Waals surface area (Å²) in [4.78, 5) is 8.09. The molecular weight excluding hydrogens is 166 g/mol. The van der Waals surface area contributed by atoms with Crippen LogP contribution in [0.15, 0.2) is 12.4 Å². The zero-order valence-corrected chi connectivity index (χ0v) is 7.02. The first-order valence-electron chi connectivity index (χ1n) is 3.72. The molecule has 13 heavy (non-hydrogen) atoms. The van der Waals surface area contributed by atoms with Gasteiger partial charge in [-0.3, -0.25) is 0 Å². The number of fused-ring (bicyclic) bond motifs is 1. The average Bonchev–Trinajstić information content (AvgIpc) is 2.46. The predicted octanol–water partition coefficient (Wildman–Crippen LogP) is 0.492. The highest BCUT2D eigenvalue weighted by atomic mass is 15.1. The fourth-order valence-electron chi connectivity index (χ4n) is 1.22. The van der Waals surface area contributed by atoms with E-state index >= 15 is 0 Å². The summed E-state index contributed by atoms with van der Waals surface area (Å²) >= 11 is 0. The minimum Gasteiger partial charge on any atom is -0.382 e. The Morgan fingerprint density at radius 1 is 1.46 bits per heavy atom. The van der Waals surface area contributed by atoms with E-state index in [-0.39, 0.29) is 0 Å². The molecule has 5 nitrogen and oxygen atoms in total. The van der Waals surface area contributed by atoms with Crippen molar-refractivity contribution in [1.82, 2.24) is 14.4 Å². The number of hydrogen-bond donors (Lipinski definition) is 1. The number of nitriles is 1. The van der Waals surface area contributed by atoms with Gasteiger partial charge in [-0.2, -0.15) is 5.26 Å². The van der Waals surface area contributed by atoms with E-state index in [1.807, 2.05) is 6.07 Å². The van der Waals surface area contributed by atoms with E-state index in [0.29, 0.717) is 22.9 Å². The highest BCUT2D eigenvalue weighted by Crippen LogP contribution is 2.10. The van der Waals surface area contributed by atoms with Crippen molar-refractivity contribution < 1.29 is 0 Å². The number of aryl methyl sites for hydroxylation is 1. The number of anilines is 1. The fourth-order valence-corrected chi connectivity index (χ4v) is 1.22. The minimum absolute atomic E-state index is 0.363. The second-order valence-electron chi connectivity index (χ2n) is 2.72. The molecule has 0 amide bonds. The molecule has 2 rings (SSSR count). The summed E-state index contributed by atoms with van der Waals surface area (Å²) in [6.07, 6.45) is 3.26. The Hall–Kier alpha value is -2.09. The van der Waals surface area contributed by atoms with Gasteiger partial charge in [-0.15, -0.1) is 0 Å². The molecule has 0 aliphatic rings. The van der Waals surface area contributed by atoms with Crippen LogP contribution in [0.2, 0.25) is 0 Å². The number of nitrogen functional groups attached to an aromatic ring is 1. The third-order valence-electron chi connectivity index (χ3n) is 1.74. The predicted molar refractivity (Wildman–Crippen MR) is 46.9 cm³/mol. The number of nitrogens with zero attached hydrogens (tertiary/aromatic N) is 4. The molecule has 0 aliphatic heterocycles. The molecule has 0 spiro atoms. The van der Waals surface area contributed by atoms with Crippen molar-refractivity contribution in [3.05, 3.63) is 23.8 Å². The topological polar surface area (TPSA) is 80.0 Å². The first-order chi connectivity index (χ1) is 6.20. The smallest absolute Gasteiger partial charge is 0.160 e. The van der Waals surface area contributed by atoms with E-state index in [1.54, 1.807) is 23.7 Å². The van der Waals surface area contributed by atoms with Crippen molar-refractivity contribution >= 4 is 11.5 Å².